The summed E-state index contributed by atoms with van der Waals surface area (Å²) in [7, 11) is 0. The molecular formula is C35H44N2O3. The SMILES string of the molecule is CCN(C(=O)OCc1ccccc1)C1CCN(CC2CC(OC(C)c3ccccc3)CC2c2ccccc2)CC1. The molecule has 0 spiro atoms. The number of ether oxygens (including phenoxy) is 2. The Morgan fingerprint density at radius 3 is 2.17 bits per heavy atom. The Kier molecular flexibility index (Phi) is 9.90. The van der Waals surface area contributed by atoms with E-state index in [0.29, 0.717) is 25.0 Å². The summed E-state index contributed by atoms with van der Waals surface area (Å²) in [6.07, 6.45) is 4.29. The first-order valence-corrected chi connectivity index (χ1v) is 15.1. The van der Waals surface area contributed by atoms with Gasteiger partial charge in [0.05, 0.1) is 12.2 Å². The quantitative estimate of drug-likeness (QED) is 0.268. The van der Waals surface area contributed by atoms with Gasteiger partial charge in [0.25, 0.3) is 0 Å². The molecule has 4 atom stereocenters. The number of nitrogens with zero attached hydrogens (tertiary/aromatic N) is 2. The van der Waals surface area contributed by atoms with Crippen LogP contribution in [0.25, 0.3) is 0 Å². The van der Waals surface area contributed by atoms with E-state index < -0.39 is 0 Å². The van der Waals surface area contributed by atoms with Gasteiger partial charge in [0, 0.05) is 32.2 Å². The number of carbonyl (C=O) groups excluding carboxylic acids is 1. The maximum Gasteiger partial charge on any atom is 0.410 e. The van der Waals surface area contributed by atoms with Crippen LogP contribution in [-0.4, -0.2) is 54.2 Å². The highest BCUT2D eigenvalue weighted by molar-refractivity contribution is 5.68. The molecule has 0 N–H and O–H groups in total. The van der Waals surface area contributed by atoms with Gasteiger partial charge in [-0.1, -0.05) is 91.0 Å². The molecule has 0 radical (unpaired) electrons. The van der Waals surface area contributed by atoms with Gasteiger partial charge in [-0.3, -0.25) is 0 Å². The Balaban J connectivity index is 1.16. The van der Waals surface area contributed by atoms with E-state index in [9.17, 15) is 4.79 Å². The molecule has 0 aromatic heterocycles. The summed E-state index contributed by atoms with van der Waals surface area (Å²) in [5.74, 6) is 1.07. The third kappa shape index (κ3) is 7.32. The molecule has 5 rings (SSSR count). The molecule has 3 aromatic carbocycles. The minimum Gasteiger partial charge on any atom is -0.445 e. The largest absolute Gasteiger partial charge is 0.445 e. The van der Waals surface area contributed by atoms with Crippen molar-refractivity contribution < 1.29 is 14.3 Å². The fourth-order valence-electron chi connectivity index (χ4n) is 6.67. The predicted molar refractivity (Wildman–Crippen MR) is 160 cm³/mol. The Labute approximate surface area is 240 Å². The van der Waals surface area contributed by atoms with E-state index in [1.165, 1.54) is 11.1 Å². The molecule has 212 valence electrons. The molecule has 40 heavy (non-hydrogen) atoms. The molecule has 3 aromatic rings. The Bertz CT molecular complexity index is 1170. The van der Waals surface area contributed by atoms with Crippen molar-refractivity contribution in [2.24, 2.45) is 5.92 Å². The molecule has 2 fully saturated rings. The van der Waals surface area contributed by atoms with Crippen molar-refractivity contribution in [3.05, 3.63) is 108 Å². The molecule has 1 aliphatic carbocycles. The summed E-state index contributed by atoms with van der Waals surface area (Å²) >= 11 is 0. The number of rotatable bonds is 10. The average Bonchev–Trinajstić information content (AvgIpc) is 3.40. The van der Waals surface area contributed by atoms with Crippen molar-refractivity contribution in [3.8, 4) is 0 Å². The minimum atomic E-state index is -0.197. The predicted octanol–water partition coefficient (Wildman–Crippen LogP) is 7.45. The van der Waals surface area contributed by atoms with E-state index in [1.807, 2.05) is 35.2 Å². The van der Waals surface area contributed by atoms with Crippen LogP contribution in [0.3, 0.4) is 0 Å². The zero-order valence-corrected chi connectivity index (χ0v) is 24.0. The third-order valence-electron chi connectivity index (χ3n) is 8.82. The summed E-state index contributed by atoms with van der Waals surface area (Å²) < 4.78 is 12.3. The normalized spacial score (nSPS) is 22.6. The van der Waals surface area contributed by atoms with Crippen molar-refractivity contribution >= 4 is 6.09 Å². The second kappa shape index (κ2) is 14.0. The fourth-order valence-corrected chi connectivity index (χ4v) is 6.67. The van der Waals surface area contributed by atoms with E-state index in [-0.39, 0.29) is 24.3 Å². The summed E-state index contributed by atoms with van der Waals surface area (Å²) in [5, 5.41) is 0. The molecule has 1 heterocycles. The van der Waals surface area contributed by atoms with Crippen LogP contribution in [-0.2, 0) is 16.1 Å². The molecule has 1 aliphatic heterocycles. The molecule has 1 saturated heterocycles. The smallest absolute Gasteiger partial charge is 0.410 e. The first-order valence-electron chi connectivity index (χ1n) is 15.1. The van der Waals surface area contributed by atoms with Crippen LogP contribution in [0.5, 0.6) is 0 Å². The van der Waals surface area contributed by atoms with Crippen molar-refractivity contribution in [2.75, 3.05) is 26.2 Å². The van der Waals surface area contributed by atoms with Crippen molar-refractivity contribution in [1.82, 2.24) is 9.80 Å². The third-order valence-corrected chi connectivity index (χ3v) is 8.82. The molecule has 1 saturated carbocycles. The molecule has 0 bridgehead atoms. The number of piperidine rings is 1. The molecular weight excluding hydrogens is 496 g/mol. The lowest BCUT2D eigenvalue weighted by molar-refractivity contribution is -0.00276. The zero-order valence-electron chi connectivity index (χ0n) is 24.0. The second-order valence-corrected chi connectivity index (χ2v) is 11.4. The van der Waals surface area contributed by atoms with Gasteiger partial charge in [0.2, 0.25) is 0 Å². The highest BCUT2D eigenvalue weighted by atomic mass is 16.6. The van der Waals surface area contributed by atoms with Crippen LogP contribution in [0.15, 0.2) is 91.0 Å². The lowest BCUT2D eigenvalue weighted by Gasteiger charge is -2.39. The van der Waals surface area contributed by atoms with Crippen LogP contribution in [0, 0.1) is 5.92 Å². The Morgan fingerprint density at radius 1 is 0.900 bits per heavy atom. The van der Waals surface area contributed by atoms with Gasteiger partial charge in [-0.2, -0.15) is 0 Å². The van der Waals surface area contributed by atoms with E-state index in [4.69, 9.17) is 9.47 Å². The van der Waals surface area contributed by atoms with Crippen molar-refractivity contribution in [1.29, 1.82) is 0 Å². The average molecular weight is 541 g/mol. The number of carbonyl (C=O) groups is 1. The van der Waals surface area contributed by atoms with E-state index >= 15 is 0 Å². The van der Waals surface area contributed by atoms with Crippen molar-refractivity contribution in [2.45, 2.75) is 70.3 Å². The Hall–Kier alpha value is -3.15. The topological polar surface area (TPSA) is 42.0 Å². The second-order valence-electron chi connectivity index (χ2n) is 11.4. The summed E-state index contributed by atoms with van der Waals surface area (Å²) in [6, 6.07) is 31.7. The van der Waals surface area contributed by atoms with Crippen LogP contribution < -0.4 is 0 Å². The maximum absolute atomic E-state index is 12.9. The Morgan fingerprint density at radius 2 is 1.52 bits per heavy atom. The molecule has 4 unspecified atom stereocenters. The van der Waals surface area contributed by atoms with Crippen LogP contribution in [0.2, 0.25) is 0 Å². The van der Waals surface area contributed by atoms with Crippen molar-refractivity contribution in [3.63, 3.8) is 0 Å². The van der Waals surface area contributed by atoms with Crippen LogP contribution in [0.4, 0.5) is 4.79 Å². The summed E-state index contributed by atoms with van der Waals surface area (Å²) in [6.45, 7) is 8.33. The first-order chi connectivity index (χ1) is 19.6. The van der Waals surface area contributed by atoms with Gasteiger partial charge in [-0.05, 0) is 68.1 Å². The molecule has 5 nitrogen and oxygen atoms in total. The van der Waals surface area contributed by atoms with Crippen LogP contribution >= 0.6 is 0 Å². The highest BCUT2D eigenvalue weighted by Crippen LogP contribution is 2.43. The standard InChI is InChI=1S/C35H44N2O3/c1-3-37(35(38)39-26-28-13-7-4-8-14-28)32-19-21-36(22-20-32)25-31-23-33(24-34(31)30-17-11-6-12-18-30)40-27(2)29-15-9-5-10-16-29/h4-18,27,31-34H,3,19-26H2,1-2H3. The monoisotopic (exact) mass is 540 g/mol. The molecule has 1 amide bonds. The number of likely N-dealkylation sites (tertiary alicyclic amines) is 1. The highest BCUT2D eigenvalue weighted by Gasteiger charge is 2.38. The van der Waals surface area contributed by atoms with E-state index in [1.54, 1.807) is 0 Å². The van der Waals surface area contributed by atoms with Gasteiger partial charge >= 0.3 is 6.09 Å². The van der Waals surface area contributed by atoms with Gasteiger partial charge in [0.15, 0.2) is 0 Å². The number of hydrogen-bond donors (Lipinski definition) is 0. The lowest BCUT2D eigenvalue weighted by Crippen LogP contribution is -2.48. The molecule has 5 heteroatoms. The summed E-state index contributed by atoms with van der Waals surface area (Å²) in [5.41, 5.74) is 3.69. The number of benzene rings is 3. The minimum absolute atomic E-state index is 0.0961. The van der Waals surface area contributed by atoms with Gasteiger partial charge < -0.3 is 19.3 Å². The van der Waals surface area contributed by atoms with E-state index in [2.05, 4.69) is 79.4 Å². The van der Waals surface area contributed by atoms with Crippen LogP contribution in [0.1, 0.15) is 68.2 Å². The van der Waals surface area contributed by atoms with Gasteiger partial charge in [-0.25, -0.2) is 4.79 Å². The summed E-state index contributed by atoms with van der Waals surface area (Å²) in [4.78, 5) is 17.5. The zero-order chi connectivity index (χ0) is 27.7. The number of hydrogen-bond acceptors (Lipinski definition) is 4. The fraction of sp³-hybridized carbons (Fsp3) is 0.457. The van der Waals surface area contributed by atoms with Gasteiger partial charge in [-0.15, -0.1) is 0 Å². The number of amides is 1. The van der Waals surface area contributed by atoms with Gasteiger partial charge in [0.1, 0.15) is 6.61 Å². The maximum atomic E-state index is 12.9. The molecule has 2 aliphatic rings. The first kappa shape index (κ1) is 28.4. The lowest BCUT2D eigenvalue weighted by atomic mass is 9.88. The van der Waals surface area contributed by atoms with E-state index in [0.717, 1.165) is 50.9 Å².